The first-order chi connectivity index (χ1) is 8.08. The summed E-state index contributed by atoms with van der Waals surface area (Å²) in [4.78, 5) is 0.193. The van der Waals surface area contributed by atoms with Crippen LogP contribution in [0.2, 0.25) is 0 Å². The van der Waals surface area contributed by atoms with E-state index in [9.17, 15) is 8.42 Å². The summed E-state index contributed by atoms with van der Waals surface area (Å²) in [5.41, 5.74) is 0. The van der Waals surface area contributed by atoms with Crippen molar-refractivity contribution in [3.05, 3.63) is 28.7 Å². The molecular weight excluding hydrogens is 306 g/mol. The van der Waals surface area contributed by atoms with Crippen molar-refractivity contribution in [1.82, 2.24) is 5.32 Å². The fraction of sp³-hybridized carbons (Fsp3) is 0.455. The molecule has 1 N–H and O–H groups in total. The van der Waals surface area contributed by atoms with Crippen LogP contribution in [0.3, 0.4) is 0 Å². The van der Waals surface area contributed by atoms with E-state index in [2.05, 4.69) is 21.2 Å². The number of nitrogens with one attached hydrogen (secondary N) is 1. The van der Waals surface area contributed by atoms with E-state index in [0.717, 1.165) is 23.9 Å². The summed E-state index contributed by atoms with van der Waals surface area (Å²) in [5.74, 6) is 0. The van der Waals surface area contributed by atoms with Crippen LogP contribution in [-0.4, -0.2) is 27.6 Å². The topological polar surface area (TPSA) is 55.4 Å². The molecule has 2 rings (SSSR count). The second kappa shape index (κ2) is 5.48. The lowest BCUT2D eigenvalue weighted by atomic mass is 10.2. The summed E-state index contributed by atoms with van der Waals surface area (Å²) in [5, 5.41) is 3.19. The molecule has 4 nitrogen and oxygen atoms in total. The minimum atomic E-state index is -3.63. The Labute approximate surface area is 110 Å². The molecule has 1 saturated heterocycles. The highest BCUT2D eigenvalue weighted by Crippen LogP contribution is 2.17. The maximum absolute atomic E-state index is 11.8. The van der Waals surface area contributed by atoms with E-state index in [1.807, 2.05) is 0 Å². The second-order valence-electron chi connectivity index (χ2n) is 3.99. The average Bonchev–Trinajstić information content (AvgIpc) is 2.80. The zero-order valence-corrected chi connectivity index (χ0v) is 11.6. The first-order valence-electron chi connectivity index (χ1n) is 5.46. The van der Waals surface area contributed by atoms with Gasteiger partial charge in [-0.1, -0.05) is 15.9 Å². The predicted octanol–water partition coefficient (Wildman–Crippen LogP) is 1.91. The molecule has 1 aliphatic rings. The number of halogens is 1. The molecule has 1 aromatic rings. The average molecular weight is 320 g/mol. The van der Waals surface area contributed by atoms with Gasteiger partial charge in [0.25, 0.3) is 10.1 Å². The molecule has 17 heavy (non-hydrogen) atoms. The first kappa shape index (κ1) is 13.0. The maximum Gasteiger partial charge on any atom is 0.297 e. The lowest BCUT2D eigenvalue weighted by Gasteiger charge is -2.10. The summed E-state index contributed by atoms with van der Waals surface area (Å²) in [6, 6.07) is 6.58. The second-order valence-corrected chi connectivity index (χ2v) is 6.52. The van der Waals surface area contributed by atoms with Crippen molar-refractivity contribution in [2.45, 2.75) is 23.8 Å². The van der Waals surface area contributed by atoms with Gasteiger partial charge in [-0.25, -0.2) is 0 Å². The van der Waals surface area contributed by atoms with Gasteiger partial charge >= 0.3 is 0 Å². The number of hydrogen-bond acceptors (Lipinski definition) is 4. The van der Waals surface area contributed by atoms with Crippen LogP contribution in [0.15, 0.2) is 33.6 Å². The van der Waals surface area contributed by atoms with Gasteiger partial charge in [0.15, 0.2) is 0 Å². The van der Waals surface area contributed by atoms with Crippen LogP contribution >= 0.6 is 15.9 Å². The van der Waals surface area contributed by atoms with Gasteiger partial charge in [-0.3, -0.25) is 4.18 Å². The van der Waals surface area contributed by atoms with Crippen molar-refractivity contribution < 1.29 is 12.6 Å². The summed E-state index contributed by atoms with van der Waals surface area (Å²) < 4.78 is 29.5. The molecule has 0 radical (unpaired) electrons. The van der Waals surface area contributed by atoms with Crippen LogP contribution < -0.4 is 5.32 Å². The Morgan fingerprint density at radius 2 is 2.06 bits per heavy atom. The van der Waals surface area contributed by atoms with Gasteiger partial charge in [-0.2, -0.15) is 8.42 Å². The summed E-state index contributed by atoms with van der Waals surface area (Å²) in [6.45, 7) is 1.14. The molecule has 1 aromatic carbocycles. The lowest BCUT2D eigenvalue weighted by molar-refractivity contribution is 0.281. The van der Waals surface area contributed by atoms with Crippen molar-refractivity contribution >= 4 is 26.0 Å². The summed E-state index contributed by atoms with van der Waals surface area (Å²) in [7, 11) is -3.63. The van der Waals surface area contributed by atoms with E-state index in [1.54, 1.807) is 12.1 Å². The minimum absolute atomic E-state index is 0.153. The van der Waals surface area contributed by atoms with Crippen molar-refractivity contribution in [2.24, 2.45) is 0 Å². The fourth-order valence-corrected chi connectivity index (χ4v) is 2.95. The standard InChI is InChI=1S/C11H14BrNO3S/c12-9-3-5-11(6-4-9)17(14,15)16-8-10-2-1-7-13-10/h3-6,10,13H,1-2,7-8H2/t10-/m0/s1. The Bertz CT molecular complexity index is 466. The third-order valence-electron chi connectivity index (χ3n) is 2.69. The third kappa shape index (κ3) is 3.51. The largest absolute Gasteiger partial charge is 0.312 e. The van der Waals surface area contributed by atoms with Crippen molar-refractivity contribution in [3.8, 4) is 0 Å². The quantitative estimate of drug-likeness (QED) is 0.861. The lowest BCUT2D eigenvalue weighted by Crippen LogP contribution is -2.28. The van der Waals surface area contributed by atoms with Crippen LogP contribution in [0, 0.1) is 0 Å². The molecule has 0 amide bonds. The number of rotatable bonds is 4. The van der Waals surface area contributed by atoms with Gasteiger partial charge in [0.05, 0.1) is 11.5 Å². The van der Waals surface area contributed by atoms with E-state index >= 15 is 0 Å². The van der Waals surface area contributed by atoms with Crippen LogP contribution in [0.1, 0.15) is 12.8 Å². The van der Waals surface area contributed by atoms with Gasteiger partial charge < -0.3 is 5.32 Å². The van der Waals surface area contributed by atoms with Crippen LogP contribution in [0.4, 0.5) is 0 Å². The van der Waals surface area contributed by atoms with Crippen molar-refractivity contribution in [3.63, 3.8) is 0 Å². The van der Waals surface area contributed by atoms with E-state index in [-0.39, 0.29) is 17.5 Å². The van der Waals surface area contributed by atoms with Crippen molar-refractivity contribution in [1.29, 1.82) is 0 Å². The minimum Gasteiger partial charge on any atom is -0.312 e. The monoisotopic (exact) mass is 319 g/mol. The normalized spacial score (nSPS) is 20.6. The van der Waals surface area contributed by atoms with Crippen LogP contribution in [-0.2, 0) is 14.3 Å². The molecule has 1 fully saturated rings. The molecular formula is C11H14BrNO3S. The molecule has 1 heterocycles. The molecule has 0 saturated carbocycles. The fourth-order valence-electron chi connectivity index (χ4n) is 1.74. The van der Waals surface area contributed by atoms with E-state index < -0.39 is 10.1 Å². The van der Waals surface area contributed by atoms with Gasteiger partial charge in [0, 0.05) is 10.5 Å². The molecule has 6 heteroatoms. The van der Waals surface area contributed by atoms with Gasteiger partial charge in [0.1, 0.15) is 0 Å². The summed E-state index contributed by atoms with van der Waals surface area (Å²) >= 11 is 3.26. The molecule has 0 aliphatic carbocycles. The third-order valence-corrected chi connectivity index (χ3v) is 4.51. The van der Waals surface area contributed by atoms with Crippen LogP contribution in [0.25, 0.3) is 0 Å². The first-order valence-corrected chi connectivity index (χ1v) is 7.66. The highest BCUT2D eigenvalue weighted by atomic mass is 79.9. The Balaban J connectivity index is 2.00. The molecule has 1 aliphatic heterocycles. The highest BCUT2D eigenvalue weighted by molar-refractivity contribution is 9.10. The van der Waals surface area contributed by atoms with Gasteiger partial charge in [-0.05, 0) is 43.7 Å². The molecule has 0 spiro atoms. The SMILES string of the molecule is O=S(=O)(OC[C@@H]1CCCN1)c1ccc(Br)cc1. The highest BCUT2D eigenvalue weighted by Gasteiger charge is 2.20. The Morgan fingerprint density at radius 1 is 1.35 bits per heavy atom. The summed E-state index contributed by atoms with van der Waals surface area (Å²) in [6.07, 6.45) is 2.04. The van der Waals surface area contributed by atoms with Gasteiger partial charge in [-0.15, -0.1) is 0 Å². The molecule has 1 atom stereocenters. The van der Waals surface area contributed by atoms with E-state index in [1.165, 1.54) is 12.1 Å². The van der Waals surface area contributed by atoms with E-state index in [0.29, 0.717) is 0 Å². The predicted molar refractivity (Wildman–Crippen MR) is 68.3 cm³/mol. The van der Waals surface area contributed by atoms with E-state index in [4.69, 9.17) is 4.18 Å². The smallest absolute Gasteiger partial charge is 0.297 e. The molecule has 94 valence electrons. The van der Waals surface area contributed by atoms with Crippen molar-refractivity contribution in [2.75, 3.05) is 13.2 Å². The number of benzene rings is 1. The number of hydrogen-bond donors (Lipinski definition) is 1. The molecule has 0 aromatic heterocycles. The Kier molecular flexibility index (Phi) is 4.19. The molecule has 0 unspecified atom stereocenters. The Morgan fingerprint density at radius 3 is 2.65 bits per heavy atom. The molecule has 0 bridgehead atoms. The maximum atomic E-state index is 11.8. The van der Waals surface area contributed by atoms with Gasteiger partial charge in [0.2, 0.25) is 0 Å². The Hall–Kier alpha value is -0.430. The zero-order valence-electron chi connectivity index (χ0n) is 9.23. The van der Waals surface area contributed by atoms with Crippen LogP contribution in [0.5, 0.6) is 0 Å². The zero-order chi connectivity index (χ0) is 12.3.